The minimum atomic E-state index is -1.10. The van der Waals surface area contributed by atoms with Crippen LogP contribution in [0.3, 0.4) is 0 Å². The maximum Gasteiger partial charge on any atom is 0.360 e. The molecule has 1 aromatic heterocycles. The molecule has 0 unspecified atom stereocenters. The lowest BCUT2D eigenvalue weighted by molar-refractivity contribution is 0.0690. The van der Waals surface area contributed by atoms with Crippen LogP contribution in [-0.2, 0) is 0 Å². The Morgan fingerprint density at radius 3 is 2.50 bits per heavy atom. The van der Waals surface area contributed by atoms with Gasteiger partial charge in [-0.2, -0.15) is 0 Å². The number of benzene rings is 1. The monoisotopic (exact) mass is 304 g/mol. The van der Waals surface area contributed by atoms with E-state index in [0.717, 1.165) is 0 Å². The van der Waals surface area contributed by atoms with Gasteiger partial charge >= 0.3 is 5.97 Å². The van der Waals surface area contributed by atoms with E-state index in [4.69, 9.17) is 4.74 Å². The Morgan fingerprint density at radius 1 is 1.23 bits per heavy atom. The molecule has 0 spiro atoms. The SMILES string of the molecule is CCOc1ccccc1-n1nc(C(=O)O)c(N(CC)CC)n1. The average Bonchev–Trinajstić information content (AvgIpc) is 2.95. The molecule has 1 aromatic carbocycles. The van der Waals surface area contributed by atoms with Gasteiger partial charge in [0.05, 0.1) is 6.61 Å². The Hall–Kier alpha value is -2.57. The number of aromatic carboxylic acids is 1. The summed E-state index contributed by atoms with van der Waals surface area (Å²) in [5.74, 6) is -0.117. The number of carbonyl (C=O) groups is 1. The second-order valence-corrected chi connectivity index (χ2v) is 4.54. The van der Waals surface area contributed by atoms with Gasteiger partial charge in [0.2, 0.25) is 5.69 Å². The highest BCUT2D eigenvalue weighted by Crippen LogP contribution is 2.24. The molecular formula is C15H20N4O3. The number of carboxylic acids is 1. The summed E-state index contributed by atoms with van der Waals surface area (Å²) in [7, 11) is 0. The van der Waals surface area contributed by atoms with Crippen molar-refractivity contribution in [3.63, 3.8) is 0 Å². The van der Waals surface area contributed by atoms with Crippen LogP contribution in [0, 0.1) is 0 Å². The predicted molar refractivity (Wildman–Crippen MR) is 83.0 cm³/mol. The van der Waals surface area contributed by atoms with Gasteiger partial charge in [0.25, 0.3) is 0 Å². The van der Waals surface area contributed by atoms with Gasteiger partial charge in [-0.3, -0.25) is 0 Å². The van der Waals surface area contributed by atoms with E-state index in [1.54, 1.807) is 12.1 Å². The first-order chi connectivity index (χ1) is 10.6. The first-order valence-corrected chi connectivity index (χ1v) is 7.30. The maximum absolute atomic E-state index is 11.4. The number of aromatic nitrogens is 3. The van der Waals surface area contributed by atoms with Crippen molar-refractivity contribution in [2.75, 3.05) is 24.6 Å². The summed E-state index contributed by atoms with van der Waals surface area (Å²) in [5, 5.41) is 17.8. The highest BCUT2D eigenvalue weighted by Gasteiger charge is 2.23. The molecule has 7 nitrogen and oxygen atoms in total. The fraction of sp³-hybridized carbons (Fsp3) is 0.400. The van der Waals surface area contributed by atoms with E-state index in [9.17, 15) is 9.90 Å². The molecule has 0 bridgehead atoms. The normalized spacial score (nSPS) is 10.5. The number of ether oxygens (including phenoxy) is 1. The molecule has 0 amide bonds. The third-order valence-corrected chi connectivity index (χ3v) is 3.24. The van der Waals surface area contributed by atoms with Gasteiger partial charge in [-0.1, -0.05) is 12.1 Å². The van der Waals surface area contributed by atoms with Crippen molar-refractivity contribution in [3.8, 4) is 11.4 Å². The fourth-order valence-corrected chi connectivity index (χ4v) is 2.18. The minimum absolute atomic E-state index is 0.0602. The molecule has 2 rings (SSSR count). The van der Waals surface area contributed by atoms with E-state index in [0.29, 0.717) is 37.0 Å². The summed E-state index contributed by atoms with van der Waals surface area (Å²) in [6.07, 6.45) is 0. The number of para-hydroxylation sites is 2. The summed E-state index contributed by atoms with van der Waals surface area (Å²) in [4.78, 5) is 14.6. The topological polar surface area (TPSA) is 80.5 Å². The minimum Gasteiger partial charge on any atom is -0.492 e. The quantitative estimate of drug-likeness (QED) is 0.844. The van der Waals surface area contributed by atoms with Crippen LogP contribution in [-0.4, -0.2) is 45.8 Å². The van der Waals surface area contributed by atoms with E-state index in [1.807, 2.05) is 37.8 Å². The summed E-state index contributed by atoms with van der Waals surface area (Å²) < 4.78 is 5.55. The number of nitrogens with zero attached hydrogens (tertiary/aromatic N) is 4. The molecule has 0 aliphatic heterocycles. The van der Waals surface area contributed by atoms with Crippen LogP contribution in [0.5, 0.6) is 5.75 Å². The van der Waals surface area contributed by atoms with Gasteiger partial charge in [-0.15, -0.1) is 15.0 Å². The van der Waals surface area contributed by atoms with Crippen molar-refractivity contribution in [1.82, 2.24) is 15.0 Å². The molecule has 0 radical (unpaired) electrons. The van der Waals surface area contributed by atoms with E-state index < -0.39 is 5.97 Å². The Kier molecular flexibility index (Phi) is 4.98. The van der Waals surface area contributed by atoms with Gasteiger partial charge in [0, 0.05) is 13.1 Å². The molecule has 118 valence electrons. The Bertz CT molecular complexity index is 650. The highest BCUT2D eigenvalue weighted by atomic mass is 16.5. The molecule has 1 heterocycles. The second-order valence-electron chi connectivity index (χ2n) is 4.54. The number of hydrogen-bond acceptors (Lipinski definition) is 5. The third-order valence-electron chi connectivity index (χ3n) is 3.24. The van der Waals surface area contributed by atoms with Crippen molar-refractivity contribution >= 4 is 11.8 Å². The molecular weight excluding hydrogens is 284 g/mol. The van der Waals surface area contributed by atoms with Crippen LogP contribution in [0.2, 0.25) is 0 Å². The van der Waals surface area contributed by atoms with Crippen molar-refractivity contribution in [2.45, 2.75) is 20.8 Å². The second kappa shape index (κ2) is 6.93. The van der Waals surface area contributed by atoms with Crippen LogP contribution in [0.1, 0.15) is 31.3 Å². The zero-order valence-electron chi connectivity index (χ0n) is 13.0. The van der Waals surface area contributed by atoms with Crippen LogP contribution in [0.4, 0.5) is 5.82 Å². The van der Waals surface area contributed by atoms with Crippen molar-refractivity contribution < 1.29 is 14.6 Å². The zero-order valence-corrected chi connectivity index (χ0v) is 13.0. The molecule has 22 heavy (non-hydrogen) atoms. The number of hydrogen-bond donors (Lipinski definition) is 1. The highest BCUT2D eigenvalue weighted by molar-refractivity contribution is 5.91. The molecule has 0 fully saturated rings. The maximum atomic E-state index is 11.4. The van der Waals surface area contributed by atoms with Gasteiger partial charge in [0.15, 0.2) is 5.82 Å². The van der Waals surface area contributed by atoms with Crippen LogP contribution in [0.25, 0.3) is 5.69 Å². The predicted octanol–water partition coefficient (Wildman–Crippen LogP) is 2.21. The zero-order chi connectivity index (χ0) is 16.1. The largest absolute Gasteiger partial charge is 0.492 e. The van der Waals surface area contributed by atoms with E-state index in [2.05, 4.69) is 10.2 Å². The van der Waals surface area contributed by atoms with E-state index in [-0.39, 0.29) is 5.69 Å². The number of rotatable bonds is 7. The smallest absolute Gasteiger partial charge is 0.360 e. The fourth-order valence-electron chi connectivity index (χ4n) is 2.18. The molecule has 7 heteroatoms. The van der Waals surface area contributed by atoms with Crippen molar-refractivity contribution in [2.24, 2.45) is 0 Å². The molecule has 0 atom stereocenters. The van der Waals surface area contributed by atoms with Gasteiger partial charge in [-0.05, 0) is 32.9 Å². The molecule has 0 saturated carbocycles. The third kappa shape index (κ3) is 3.03. The van der Waals surface area contributed by atoms with Gasteiger partial charge < -0.3 is 14.7 Å². The van der Waals surface area contributed by atoms with Crippen molar-refractivity contribution in [1.29, 1.82) is 0 Å². The first kappa shape index (κ1) is 15.8. The van der Waals surface area contributed by atoms with E-state index >= 15 is 0 Å². The summed E-state index contributed by atoms with van der Waals surface area (Å²) >= 11 is 0. The van der Waals surface area contributed by atoms with E-state index in [1.165, 1.54) is 4.80 Å². The lowest BCUT2D eigenvalue weighted by Crippen LogP contribution is -2.24. The lowest BCUT2D eigenvalue weighted by atomic mass is 10.3. The summed E-state index contributed by atoms with van der Waals surface area (Å²) in [5.41, 5.74) is 0.556. The molecule has 0 aliphatic rings. The molecule has 2 aromatic rings. The van der Waals surface area contributed by atoms with Crippen LogP contribution in [0.15, 0.2) is 24.3 Å². The van der Waals surface area contributed by atoms with Crippen LogP contribution >= 0.6 is 0 Å². The summed E-state index contributed by atoms with van der Waals surface area (Å²) in [6, 6.07) is 7.28. The van der Waals surface area contributed by atoms with Crippen LogP contribution < -0.4 is 9.64 Å². The van der Waals surface area contributed by atoms with Crippen molar-refractivity contribution in [3.05, 3.63) is 30.0 Å². The molecule has 0 saturated heterocycles. The number of anilines is 1. The van der Waals surface area contributed by atoms with Gasteiger partial charge in [-0.25, -0.2) is 4.79 Å². The summed E-state index contributed by atoms with van der Waals surface area (Å²) in [6.45, 7) is 7.60. The standard InChI is InChI=1S/C15H20N4O3/c1-4-18(5-2)14-13(15(20)21)16-19(17-14)11-9-7-8-10-12(11)22-6-3/h7-10H,4-6H2,1-3H3,(H,20,21). The first-order valence-electron chi connectivity index (χ1n) is 7.30. The lowest BCUT2D eigenvalue weighted by Gasteiger charge is -2.17. The Morgan fingerprint density at radius 2 is 1.91 bits per heavy atom. The average molecular weight is 304 g/mol. The number of carboxylic acid groups (broad SMARTS) is 1. The Labute approximate surface area is 129 Å². The molecule has 0 aliphatic carbocycles. The Balaban J connectivity index is 2.53. The molecule has 1 N–H and O–H groups in total. The van der Waals surface area contributed by atoms with Gasteiger partial charge in [0.1, 0.15) is 11.4 Å².